The zero-order valence-electron chi connectivity index (χ0n) is 17.8. The Bertz CT molecular complexity index is 1190. The maximum absolute atomic E-state index is 12.7. The number of hydrogen-bond acceptors (Lipinski definition) is 7. The molecule has 1 saturated carbocycles. The van der Waals surface area contributed by atoms with Crippen molar-refractivity contribution < 1.29 is 27.1 Å². The van der Waals surface area contributed by atoms with Gasteiger partial charge in [-0.1, -0.05) is 16.7 Å². The Balaban J connectivity index is 1.12. The number of carbonyl (C=O) groups excluding carboxylic acids is 1. The number of pyridine rings is 1. The van der Waals surface area contributed by atoms with Crippen LogP contribution in [0, 0.1) is 0 Å². The highest BCUT2D eigenvalue weighted by atomic mass is 35.5. The fraction of sp³-hybridized carbons (Fsp3) is 0.429. The number of hydrogen-bond donors (Lipinski definition) is 1. The van der Waals surface area contributed by atoms with Crippen LogP contribution in [0.4, 0.5) is 29.8 Å². The van der Waals surface area contributed by atoms with Gasteiger partial charge in [-0.3, -0.25) is 10.1 Å². The van der Waals surface area contributed by atoms with E-state index in [1.165, 1.54) is 0 Å². The first-order chi connectivity index (χ1) is 16.2. The Morgan fingerprint density at radius 3 is 2.62 bits per heavy atom. The number of piperazine rings is 1. The van der Waals surface area contributed by atoms with Crippen molar-refractivity contribution >= 4 is 40.4 Å². The predicted octanol–water partition coefficient (Wildman–Crippen LogP) is 4.41. The number of halogens is 4. The zero-order valence-corrected chi connectivity index (χ0v) is 18.5. The van der Waals surface area contributed by atoms with E-state index in [4.69, 9.17) is 16.0 Å². The molecule has 5 rings (SSSR count). The van der Waals surface area contributed by atoms with Crippen LogP contribution in [0.2, 0.25) is 5.02 Å². The summed E-state index contributed by atoms with van der Waals surface area (Å²) in [6.07, 6.45) is -5.15. The smallest absolute Gasteiger partial charge is 0.408 e. The average molecular weight is 497 g/mol. The summed E-state index contributed by atoms with van der Waals surface area (Å²) in [5, 5.41) is 12.3. The van der Waals surface area contributed by atoms with E-state index in [2.05, 4.69) is 25.2 Å². The third-order valence-electron chi connectivity index (χ3n) is 5.90. The number of aromatic nitrogens is 3. The van der Waals surface area contributed by atoms with Crippen molar-refractivity contribution in [2.24, 2.45) is 0 Å². The largest absolute Gasteiger partial charge is 0.522 e. The van der Waals surface area contributed by atoms with E-state index in [0.717, 1.165) is 10.9 Å². The van der Waals surface area contributed by atoms with Gasteiger partial charge in [0.15, 0.2) is 0 Å². The first-order valence-electron chi connectivity index (χ1n) is 10.7. The number of urea groups is 1. The van der Waals surface area contributed by atoms with Crippen LogP contribution in [0.5, 0.6) is 0 Å². The first-order valence-corrected chi connectivity index (χ1v) is 11.1. The lowest BCUT2D eigenvalue weighted by molar-refractivity contribution is -0.352. The molecule has 1 aliphatic carbocycles. The van der Waals surface area contributed by atoms with Gasteiger partial charge in [0.1, 0.15) is 5.82 Å². The number of benzene rings is 1. The van der Waals surface area contributed by atoms with E-state index in [-0.39, 0.29) is 24.8 Å². The quantitative estimate of drug-likeness (QED) is 0.571. The lowest BCUT2D eigenvalue weighted by Crippen LogP contribution is -2.50. The standard InChI is InChI=1S/C21H20ClF3N6O3/c22-14-2-3-16-12(9-14)1-4-17(26-16)27-19(32)30-5-7-31(8-6-30)20-29-28-18(33-20)13-10-15(11-13)34-21(23,24)25/h1-4,9,13,15H,5-8,10-11H2,(H,26,27,32). The van der Waals surface area contributed by atoms with Crippen molar-refractivity contribution in [3.8, 4) is 0 Å². The molecule has 0 bridgehead atoms. The maximum atomic E-state index is 12.7. The Labute approximate surface area is 196 Å². The molecular weight excluding hydrogens is 477 g/mol. The number of rotatable bonds is 4. The third-order valence-corrected chi connectivity index (χ3v) is 6.13. The van der Waals surface area contributed by atoms with Gasteiger partial charge in [-0.2, -0.15) is 0 Å². The number of nitrogens with one attached hydrogen (secondary N) is 1. The highest BCUT2D eigenvalue weighted by Gasteiger charge is 2.42. The Morgan fingerprint density at radius 1 is 1.12 bits per heavy atom. The van der Waals surface area contributed by atoms with Gasteiger partial charge in [-0.15, -0.1) is 18.3 Å². The normalized spacial score (nSPS) is 20.9. The van der Waals surface area contributed by atoms with E-state index in [1.807, 2.05) is 11.0 Å². The number of alkyl halides is 3. The molecule has 0 unspecified atom stereocenters. The molecule has 1 aromatic carbocycles. The van der Waals surface area contributed by atoms with Gasteiger partial charge in [0.2, 0.25) is 5.89 Å². The number of ether oxygens (including phenoxy) is 1. The van der Waals surface area contributed by atoms with Crippen LogP contribution in [-0.2, 0) is 4.74 Å². The summed E-state index contributed by atoms with van der Waals surface area (Å²) < 4.78 is 46.5. The minimum Gasteiger partial charge on any atom is -0.408 e. The molecule has 1 saturated heterocycles. The van der Waals surface area contributed by atoms with Crippen LogP contribution in [-0.4, -0.2) is 64.8 Å². The Morgan fingerprint density at radius 2 is 1.88 bits per heavy atom. The molecule has 2 amide bonds. The molecule has 13 heteroatoms. The van der Waals surface area contributed by atoms with Crippen molar-refractivity contribution in [3.05, 3.63) is 41.2 Å². The lowest BCUT2D eigenvalue weighted by Gasteiger charge is -2.34. The second kappa shape index (κ2) is 8.91. The average Bonchev–Trinajstić information content (AvgIpc) is 3.25. The Hall–Kier alpha value is -3.12. The summed E-state index contributed by atoms with van der Waals surface area (Å²) in [7, 11) is 0. The highest BCUT2D eigenvalue weighted by molar-refractivity contribution is 6.31. The molecule has 2 aromatic heterocycles. The predicted molar refractivity (Wildman–Crippen MR) is 117 cm³/mol. The summed E-state index contributed by atoms with van der Waals surface area (Å²) in [6.45, 7) is 1.81. The van der Waals surface area contributed by atoms with Crippen molar-refractivity contribution in [2.45, 2.75) is 31.2 Å². The monoisotopic (exact) mass is 496 g/mol. The summed E-state index contributed by atoms with van der Waals surface area (Å²) in [5.74, 6) is 0.504. The molecule has 3 aromatic rings. The number of nitrogens with zero attached hydrogens (tertiary/aromatic N) is 5. The van der Waals surface area contributed by atoms with Crippen molar-refractivity contribution in [1.82, 2.24) is 20.1 Å². The summed E-state index contributed by atoms with van der Waals surface area (Å²) in [5.41, 5.74) is 0.724. The van der Waals surface area contributed by atoms with Crippen LogP contribution in [0.25, 0.3) is 10.9 Å². The molecule has 1 aliphatic heterocycles. The van der Waals surface area contributed by atoms with E-state index >= 15 is 0 Å². The van der Waals surface area contributed by atoms with Crippen molar-refractivity contribution in [2.75, 3.05) is 36.4 Å². The number of carbonyl (C=O) groups is 1. The molecule has 34 heavy (non-hydrogen) atoms. The van der Waals surface area contributed by atoms with Crippen LogP contribution in [0.1, 0.15) is 24.7 Å². The molecule has 3 heterocycles. The molecule has 1 N–H and O–H groups in total. The number of fused-ring (bicyclic) bond motifs is 1. The molecule has 0 spiro atoms. The van der Waals surface area contributed by atoms with E-state index in [1.54, 1.807) is 29.2 Å². The number of amides is 2. The minimum absolute atomic E-state index is 0.185. The van der Waals surface area contributed by atoms with Gasteiger partial charge in [0, 0.05) is 42.5 Å². The van der Waals surface area contributed by atoms with Crippen LogP contribution in [0.3, 0.4) is 0 Å². The maximum Gasteiger partial charge on any atom is 0.522 e. The zero-order chi connectivity index (χ0) is 23.9. The molecule has 2 aliphatic rings. The number of anilines is 2. The molecule has 0 atom stereocenters. The van der Waals surface area contributed by atoms with Gasteiger partial charge in [0.05, 0.1) is 11.6 Å². The Kier molecular flexibility index (Phi) is 5.94. The fourth-order valence-electron chi connectivity index (χ4n) is 4.03. The molecule has 180 valence electrons. The lowest BCUT2D eigenvalue weighted by atomic mass is 9.82. The fourth-order valence-corrected chi connectivity index (χ4v) is 4.21. The molecular formula is C21H20ClF3N6O3. The van der Waals surface area contributed by atoms with Gasteiger partial charge in [-0.05, 0) is 43.2 Å². The van der Waals surface area contributed by atoms with Crippen LogP contribution < -0.4 is 10.2 Å². The summed E-state index contributed by atoms with van der Waals surface area (Å²) >= 11 is 5.99. The van der Waals surface area contributed by atoms with E-state index in [9.17, 15) is 18.0 Å². The van der Waals surface area contributed by atoms with Crippen LogP contribution in [0.15, 0.2) is 34.7 Å². The first kappa shape index (κ1) is 22.7. The molecule has 2 fully saturated rings. The minimum atomic E-state index is -4.64. The summed E-state index contributed by atoms with van der Waals surface area (Å²) in [4.78, 5) is 20.6. The van der Waals surface area contributed by atoms with Crippen molar-refractivity contribution in [1.29, 1.82) is 0 Å². The van der Waals surface area contributed by atoms with E-state index < -0.39 is 12.5 Å². The van der Waals surface area contributed by atoms with Gasteiger partial charge >= 0.3 is 18.4 Å². The SMILES string of the molecule is O=C(Nc1ccc2cc(Cl)ccc2n1)N1CCN(c2nnc(C3CC(OC(F)(F)F)C3)o2)CC1. The van der Waals surface area contributed by atoms with E-state index in [0.29, 0.717) is 48.9 Å². The van der Waals surface area contributed by atoms with Gasteiger partial charge in [0.25, 0.3) is 0 Å². The van der Waals surface area contributed by atoms with Crippen LogP contribution >= 0.6 is 11.6 Å². The second-order valence-electron chi connectivity index (χ2n) is 8.21. The summed E-state index contributed by atoms with van der Waals surface area (Å²) in [6, 6.07) is 8.92. The third kappa shape index (κ3) is 5.02. The van der Waals surface area contributed by atoms with Crippen molar-refractivity contribution in [3.63, 3.8) is 0 Å². The topological polar surface area (TPSA) is 96.6 Å². The molecule has 9 nitrogen and oxygen atoms in total. The highest BCUT2D eigenvalue weighted by Crippen LogP contribution is 2.41. The van der Waals surface area contributed by atoms with Gasteiger partial charge < -0.3 is 14.2 Å². The second-order valence-corrected chi connectivity index (χ2v) is 8.65. The molecule has 0 radical (unpaired) electrons. The van der Waals surface area contributed by atoms with Gasteiger partial charge in [-0.25, -0.2) is 9.78 Å².